The zero-order valence-corrected chi connectivity index (χ0v) is 9.95. The number of oxazole rings is 1. The lowest BCUT2D eigenvalue weighted by Gasteiger charge is -1.91. The molecule has 0 radical (unpaired) electrons. The maximum absolute atomic E-state index is 5.78. The molecule has 0 atom stereocenters. The Morgan fingerprint density at radius 1 is 1.26 bits per heavy atom. The summed E-state index contributed by atoms with van der Waals surface area (Å²) >= 11 is 0. The van der Waals surface area contributed by atoms with Gasteiger partial charge in [-0.25, -0.2) is 9.55 Å². The van der Waals surface area contributed by atoms with E-state index in [2.05, 4.69) is 25.0 Å². The first-order valence-corrected chi connectivity index (χ1v) is 6.13. The SMILES string of the molecule is c1cnc2oc3c[n+]4c(n3c2c1)-c1ccncc1C4. The highest BCUT2D eigenvalue weighted by Gasteiger charge is 2.33. The topological polar surface area (TPSA) is 47.2 Å². The van der Waals surface area contributed by atoms with Crippen molar-refractivity contribution in [2.45, 2.75) is 6.54 Å². The normalized spacial score (nSPS) is 13.1. The lowest BCUT2D eigenvalue weighted by atomic mass is 10.2. The van der Waals surface area contributed by atoms with Crippen molar-refractivity contribution in [2.75, 3.05) is 0 Å². The Kier molecular flexibility index (Phi) is 1.46. The van der Waals surface area contributed by atoms with E-state index < -0.39 is 0 Å². The molecule has 4 aromatic heterocycles. The highest BCUT2D eigenvalue weighted by Crippen LogP contribution is 2.30. The van der Waals surface area contributed by atoms with Crippen LogP contribution >= 0.6 is 0 Å². The van der Waals surface area contributed by atoms with Crippen molar-refractivity contribution >= 4 is 16.9 Å². The van der Waals surface area contributed by atoms with Crippen LogP contribution in [0, 0.1) is 0 Å². The van der Waals surface area contributed by atoms with Crippen molar-refractivity contribution in [3.05, 3.63) is 48.5 Å². The molecule has 5 nitrogen and oxygen atoms in total. The second-order valence-electron chi connectivity index (χ2n) is 4.72. The van der Waals surface area contributed by atoms with Crippen LogP contribution in [0.5, 0.6) is 0 Å². The van der Waals surface area contributed by atoms with Crippen LogP contribution in [-0.2, 0) is 6.54 Å². The third-order valence-electron chi connectivity index (χ3n) is 3.65. The summed E-state index contributed by atoms with van der Waals surface area (Å²) in [5, 5.41) is 0. The summed E-state index contributed by atoms with van der Waals surface area (Å²) in [5.74, 6) is 1.14. The van der Waals surface area contributed by atoms with Gasteiger partial charge in [0.2, 0.25) is 0 Å². The Balaban J connectivity index is 2.00. The lowest BCUT2D eigenvalue weighted by Crippen LogP contribution is -2.29. The minimum atomic E-state index is 0.670. The molecule has 0 bridgehead atoms. The molecule has 0 N–H and O–H groups in total. The standard InChI is InChI=1S/C14H9N4O/c1-2-11-13(16-4-1)19-12-8-17-7-9-6-15-5-3-10(9)14(17)18(11)12/h1-6,8H,7H2/q+1. The van der Waals surface area contributed by atoms with Crippen LogP contribution in [-0.4, -0.2) is 14.4 Å². The molecule has 0 saturated heterocycles. The van der Waals surface area contributed by atoms with E-state index in [1.165, 1.54) is 11.1 Å². The number of pyridine rings is 2. The van der Waals surface area contributed by atoms with Gasteiger partial charge in [0.05, 0.1) is 5.56 Å². The number of rotatable bonds is 0. The maximum atomic E-state index is 5.78. The highest BCUT2D eigenvalue weighted by molar-refractivity contribution is 5.77. The van der Waals surface area contributed by atoms with E-state index >= 15 is 0 Å². The van der Waals surface area contributed by atoms with E-state index in [1.54, 1.807) is 6.20 Å². The predicted octanol–water partition coefficient (Wildman–Crippen LogP) is 1.79. The van der Waals surface area contributed by atoms with Crippen LogP contribution in [0.4, 0.5) is 0 Å². The number of nitrogens with zero attached hydrogens (tertiary/aromatic N) is 4. The van der Waals surface area contributed by atoms with Gasteiger partial charge in [0, 0.05) is 24.2 Å². The molecule has 0 aromatic carbocycles. The molecule has 5 rings (SSSR count). The molecule has 0 saturated carbocycles. The lowest BCUT2D eigenvalue weighted by molar-refractivity contribution is -0.670. The third kappa shape index (κ3) is 1.03. The molecule has 0 aliphatic carbocycles. The summed E-state index contributed by atoms with van der Waals surface area (Å²) in [6.45, 7) is 0.845. The molecular formula is C14H9N4O+. The smallest absolute Gasteiger partial charge is 0.337 e. The number of hydrogen-bond donors (Lipinski definition) is 0. The van der Waals surface area contributed by atoms with Gasteiger partial charge >= 0.3 is 5.71 Å². The first-order chi connectivity index (χ1) is 9.42. The molecule has 4 aromatic rings. The largest absolute Gasteiger partial charge is 0.396 e. The second-order valence-corrected chi connectivity index (χ2v) is 4.72. The highest BCUT2D eigenvalue weighted by atomic mass is 16.4. The van der Waals surface area contributed by atoms with Crippen molar-refractivity contribution in [1.82, 2.24) is 14.4 Å². The molecule has 1 aliphatic rings. The summed E-state index contributed by atoms with van der Waals surface area (Å²) in [5.41, 5.74) is 4.94. The van der Waals surface area contributed by atoms with Crippen LogP contribution in [0.15, 0.2) is 47.4 Å². The van der Waals surface area contributed by atoms with Crippen LogP contribution in [0.1, 0.15) is 5.56 Å². The van der Waals surface area contributed by atoms with E-state index in [9.17, 15) is 0 Å². The first kappa shape index (κ1) is 9.27. The van der Waals surface area contributed by atoms with Gasteiger partial charge in [-0.3, -0.25) is 4.98 Å². The van der Waals surface area contributed by atoms with Gasteiger partial charge in [-0.1, -0.05) is 0 Å². The van der Waals surface area contributed by atoms with Crippen LogP contribution in [0.3, 0.4) is 0 Å². The molecule has 0 spiro atoms. The van der Waals surface area contributed by atoms with Crippen LogP contribution in [0.2, 0.25) is 0 Å². The molecule has 19 heavy (non-hydrogen) atoms. The van der Waals surface area contributed by atoms with E-state index in [-0.39, 0.29) is 0 Å². The van der Waals surface area contributed by atoms with Crippen LogP contribution in [0.25, 0.3) is 28.3 Å². The fourth-order valence-corrected chi connectivity index (χ4v) is 2.87. The van der Waals surface area contributed by atoms with Crippen molar-refractivity contribution < 1.29 is 8.98 Å². The van der Waals surface area contributed by atoms with Gasteiger partial charge in [-0.15, -0.1) is 0 Å². The van der Waals surface area contributed by atoms with Gasteiger partial charge in [0.1, 0.15) is 6.54 Å². The number of hydrogen-bond acceptors (Lipinski definition) is 3. The molecular weight excluding hydrogens is 240 g/mol. The zero-order valence-electron chi connectivity index (χ0n) is 9.95. The number of aromatic nitrogens is 4. The molecule has 5 heteroatoms. The Bertz CT molecular complexity index is 951. The Morgan fingerprint density at radius 3 is 3.26 bits per heavy atom. The average Bonchev–Trinajstić information content (AvgIpc) is 3.04. The Labute approximate surface area is 107 Å². The van der Waals surface area contributed by atoms with E-state index in [1.807, 2.05) is 30.7 Å². The Morgan fingerprint density at radius 2 is 2.26 bits per heavy atom. The van der Waals surface area contributed by atoms with E-state index in [4.69, 9.17) is 4.42 Å². The fourth-order valence-electron chi connectivity index (χ4n) is 2.87. The van der Waals surface area contributed by atoms with Crippen molar-refractivity contribution in [2.24, 2.45) is 0 Å². The molecule has 0 fully saturated rings. The monoisotopic (exact) mass is 249 g/mol. The average molecular weight is 249 g/mol. The van der Waals surface area contributed by atoms with Crippen molar-refractivity contribution in [3.63, 3.8) is 0 Å². The van der Waals surface area contributed by atoms with E-state index in [0.717, 1.165) is 23.6 Å². The summed E-state index contributed by atoms with van der Waals surface area (Å²) in [7, 11) is 0. The van der Waals surface area contributed by atoms with Gasteiger partial charge in [0.25, 0.3) is 11.5 Å². The molecule has 1 aliphatic heterocycles. The minimum Gasteiger partial charge on any atom is -0.396 e. The summed E-state index contributed by atoms with van der Waals surface area (Å²) in [6, 6.07) is 6.01. The number of imidazole rings is 1. The molecule has 0 amide bonds. The zero-order chi connectivity index (χ0) is 12.4. The van der Waals surface area contributed by atoms with E-state index in [0.29, 0.717) is 5.71 Å². The van der Waals surface area contributed by atoms with Gasteiger partial charge in [-0.05, 0) is 18.2 Å². The van der Waals surface area contributed by atoms with Crippen molar-refractivity contribution in [1.29, 1.82) is 0 Å². The van der Waals surface area contributed by atoms with Crippen LogP contribution < -0.4 is 4.57 Å². The summed E-state index contributed by atoms with van der Waals surface area (Å²) in [4.78, 5) is 8.45. The summed E-state index contributed by atoms with van der Waals surface area (Å²) < 4.78 is 10.1. The minimum absolute atomic E-state index is 0.670. The quantitative estimate of drug-likeness (QED) is 0.393. The molecule has 5 heterocycles. The van der Waals surface area contributed by atoms with Crippen molar-refractivity contribution in [3.8, 4) is 11.4 Å². The third-order valence-corrected chi connectivity index (χ3v) is 3.65. The fraction of sp³-hybridized carbons (Fsp3) is 0.0714. The maximum Gasteiger partial charge on any atom is 0.337 e. The number of fused-ring (bicyclic) bond motifs is 7. The first-order valence-electron chi connectivity index (χ1n) is 6.13. The summed E-state index contributed by atoms with van der Waals surface area (Å²) in [6.07, 6.45) is 7.52. The molecule has 90 valence electrons. The van der Waals surface area contributed by atoms with Gasteiger partial charge < -0.3 is 4.42 Å². The predicted molar refractivity (Wildman–Crippen MR) is 67.5 cm³/mol. The second kappa shape index (κ2) is 3.00. The Hall–Kier alpha value is -2.69. The molecule has 0 unspecified atom stereocenters. The van der Waals surface area contributed by atoms with Gasteiger partial charge in [-0.2, -0.15) is 4.40 Å². The van der Waals surface area contributed by atoms with Gasteiger partial charge in [0.15, 0.2) is 11.7 Å².